The van der Waals surface area contributed by atoms with Gasteiger partial charge in [0.25, 0.3) is 0 Å². The molecule has 0 fully saturated rings. The van der Waals surface area contributed by atoms with Gasteiger partial charge in [-0.2, -0.15) is 13.8 Å². The maximum Gasteiger partial charge on any atom is 0.387 e. The monoisotopic (exact) mass is 415 g/mol. The molecule has 0 saturated heterocycles. The van der Waals surface area contributed by atoms with Gasteiger partial charge in [-0.05, 0) is 42.3 Å². The van der Waals surface area contributed by atoms with Crippen molar-refractivity contribution in [2.45, 2.75) is 26.5 Å². The first-order valence-corrected chi connectivity index (χ1v) is 9.43. The van der Waals surface area contributed by atoms with Crippen molar-refractivity contribution < 1.29 is 18.6 Å². The van der Waals surface area contributed by atoms with E-state index in [1.165, 1.54) is 12.1 Å². The molecule has 3 aromatic rings. The van der Waals surface area contributed by atoms with E-state index >= 15 is 0 Å². The Labute approximate surface area is 173 Å². The summed E-state index contributed by atoms with van der Waals surface area (Å²) in [6.07, 6.45) is 3.37. The summed E-state index contributed by atoms with van der Waals surface area (Å²) in [6.45, 7) is 1.04. The quantitative estimate of drug-likeness (QED) is 0.479. The number of hydrogen-bond acceptors (Lipinski definition) is 7. The van der Waals surface area contributed by atoms with Crippen LogP contribution in [-0.2, 0) is 0 Å². The number of anilines is 3. The lowest BCUT2D eigenvalue weighted by atomic mass is 10.1. The molecule has 1 aromatic carbocycles. The number of nitrogens with zero attached hydrogens (tertiary/aromatic N) is 3. The highest BCUT2D eigenvalue weighted by Gasteiger charge is 2.15. The minimum Gasteiger partial charge on any atom is -0.435 e. The summed E-state index contributed by atoms with van der Waals surface area (Å²) in [7, 11) is 0. The predicted molar refractivity (Wildman–Crippen MR) is 111 cm³/mol. The van der Waals surface area contributed by atoms with Crippen LogP contribution in [-0.4, -0.2) is 39.3 Å². The number of aliphatic hydroxyl groups is 1. The van der Waals surface area contributed by atoms with E-state index in [-0.39, 0.29) is 24.3 Å². The summed E-state index contributed by atoms with van der Waals surface area (Å²) >= 11 is 0. The fourth-order valence-electron chi connectivity index (χ4n) is 2.69. The zero-order valence-corrected chi connectivity index (χ0v) is 16.6. The molecule has 0 unspecified atom stereocenters. The van der Waals surface area contributed by atoms with Gasteiger partial charge in [0.1, 0.15) is 11.6 Å². The van der Waals surface area contributed by atoms with Crippen LogP contribution in [0.1, 0.15) is 13.8 Å². The van der Waals surface area contributed by atoms with Crippen LogP contribution in [0.3, 0.4) is 0 Å². The molecule has 0 bridgehead atoms. The minimum atomic E-state index is -2.87. The van der Waals surface area contributed by atoms with E-state index in [1.807, 2.05) is 26.0 Å². The Kier molecular flexibility index (Phi) is 7.08. The zero-order chi connectivity index (χ0) is 21.5. The van der Waals surface area contributed by atoms with Crippen molar-refractivity contribution in [2.75, 3.05) is 17.2 Å². The normalized spacial score (nSPS) is 12.1. The van der Waals surface area contributed by atoms with Crippen LogP contribution < -0.4 is 15.4 Å². The fourth-order valence-corrected chi connectivity index (χ4v) is 2.69. The van der Waals surface area contributed by atoms with Gasteiger partial charge >= 0.3 is 6.61 Å². The summed E-state index contributed by atoms with van der Waals surface area (Å²) < 4.78 is 29.0. The van der Waals surface area contributed by atoms with Crippen molar-refractivity contribution in [3.63, 3.8) is 0 Å². The second kappa shape index (κ2) is 9.93. The van der Waals surface area contributed by atoms with E-state index in [9.17, 15) is 13.9 Å². The highest BCUT2D eigenvalue weighted by atomic mass is 19.3. The molecule has 0 aliphatic heterocycles. The van der Waals surface area contributed by atoms with Gasteiger partial charge < -0.3 is 20.5 Å². The number of nitrogens with one attached hydrogen (secondary N) is 2. The predicted octanol–water partition coefficient (Wildman–Crippen LogP) is 4.31. The molecule has 9 heteroatoms. The second-order valence-electron chi connectivity index (χ2n) is 6.91. The largest absolute Gasteiger partial charge is 0.435 e. The molecule has 30 heavy (non-hydrogen) atoms. The Bertz CT molecular complexity index is 940. The van der Waals surface area contributed by atoms with E-state index < -0.39 is 6.61 Å². The van der Waals surface area contributed by atoms with Crippen LogP contribution in [0.25, 0.3) is 11.3 Å². The number of hydrogen-bond donors (Lipinski definition) is 3. The number of ether oxygens (including phenoxy) is 1. The van der Waals surface area contributed by atoms with Gasteiger partial charge in [0.15, 0.2) is 0 Å². The highest BCUT2D eigenvalue weighted by Crippen LogP contribution is 2.25. The topological polar surface area (TPSA) is 92.2 Å². The number of aromatic nitrogens is 3. The first-order valence-electron chi connectivity index (χ1n) is 9.43. The van der Waals surface area contributed by atoms with Crippen LogP contribution >= 0.6 is 0 Å². The Morgan fingerprint density at radius 1 is 1.10 bits per heavy atom. The molecule has 2 aromatic heterocycles. The van der Waals surface area contributed by atoms with Crippen molar-refractivity contribution >= 4 is 17.5 Å². The first kappa shape index (κ1) is 21.4. The van der Waals surface area contributed by atoms with Gasteiger partial charge in [-0.25, -0.2) is 4.98 Å². The van der Waals surface area contributed by atoms with Crippen molar-refractivity contribution in [3.05, 3.63) is 54.9 Å². The number of benzene rings is 1. The number of alkyl halides is 2. The van der Waals surface area contributed by atoms with Gasteiger partial charge in [-0.1, -0.05) is 13.8 Å². The van der Waals surface area contributed by atoms with Gasteiger partial charge in [0.2, 0.25) is 5.95 Å². The number of aliphatic hydroxyl groups excluding tert-OH is 1. The lowest BCUT2D eigenvalue weighted by Crippen LogP contribution is -2.30. The molecule has 3 N–H and O–H groups in total. The van der Waals surface area contributed by atoms with Crippen LogP contribution in [0, 0.1) is 5.92 Å². The molecule has 0 saturated carbocycles. The first-order chi connectivity index (χ1) is 14.4. The Morgan fingerprint density at radius 2 is 1.87 bits per heavy atom. The van der Waals surface area contributed by atoms with Crippen LogP contribution in [0.15, 0.2) is 54.9 Å². The van der Waals surface area contributed by atoms with E-state index in [1.54, 1.807) is 30.6 Å². The fraction of sp³-hybridized carbons (Fsp3) is 0.286. The zero-order valence-electron chi connectivity index (χ0n) is 16.6. The lowest BCUT2D eigenvalue weighted by Gasteiger charge is -2.20. The van der Waals surface area contributed by atoms with Crippen LogP contribution in [0.4, 0.5) is 26.2 Å². The summed E-state index contributed by atoms with van der Waals surface area (Å²) in [5.41, 5.74) is 2.08. The van der Waals surface area contributed by atoms with Gasteiger partial charge in [0.05, 0.1) is 18.3 Å². The summed E-state index contributed by atoms with van der Waals surface area (Å²) in [5.74, 6) is 1.08. The number of pyridine rings is 1. The maximum absolute atomic E-state index is 12.3. The van der Waals surface area contributed by atoms with Crippen molar-refractivity contribution in [3.8, 4) is 17.0 Å². The van der Waals surface area contributed by atoms with Crippen LogP contribution in [0.5, 0.6) is 5.75 Å². The summed E-state index contributed by atoms with van der Waals surface area (Å²) in [6, 6.07) is 11.3. The van der Waals surface area contributed by atoms with Gasteiger partial charge in [-0.15, -0.1) is 0 Å². The molecule has 2 heterocycles. The molecule has 7 nitrogen and oxygen atoms in total. The average Bonchev–Trinajstić information content (AvgIpc) is 2.73. The summed E-state index contributed by atoms with van der Waals surface area (Å²) in [5, 5.41) is 15.9. The molecule has 0 spiro atoms. The molecule has 3 rings (SSSR count). The third-order valence-electron chi connectivity index (χ3n) is 4.35. The Hall–Kier alpha value is -3.33. The van der Waals surface area contributed by atoms with Crippen molar-refractivity contribution in [1.29, 1.82) is 0 Å². The molecule has 0 radical (unpaired) electrons. The van der Waals surface area contributed by atoms with E-state index in [0.29, 0.717) is 23.1 Å². The SMILES string of the molecule is CC(C)[C@H](CO)Nc1nc(Nc2ccc(OC(F)F)cc2)cc(-c2cccnc2)n1. The van der Waals surface area contributed by atoms with E-state index in [2.05, 4.69) is 30.3 Å². The minimum absolute atomic E-state index is 0.0630. The Morgan fingerprint density at radius 3 is 2.47 bits per heavy atom. The van der Waals surface area contributed by atoms with E-state index in [0.717, 1.165) is 5.56 Å². The molecular weight excluding hydrogens is 392 g/mol. The lowest BCUT2D eigenvalue weighted by molar-refractivity contribution is -0.0498. The third kappa shape index (κ3) is 5.84. The van der Waals surface area contributed by atoms with Crippen LogP contribution in [0.2, 0.25) is 0 Å². The average molecular weight is 415 g/mol. The molecule has 1 atom stereocenters. The Balaban J connectivity index is 1.89. The van der Waals surface area contributed by atoms with E-state index in [4.69, 9.17) is 0 Å². The smallest absolute Gasteiger partial charge is 0.387 e. The maximum atomic E-state index is 12.3. The van der Waals surface area contributed by atoms with Crippen molar-refractivity contribution in [1.82, 2.24) is 15.0 Å². The summed E-state index contributed by atoms with van der Waals surface area (Å²) in [4.78, 5) is 13.2. The standard InChI is InChI=1S/C21H23F2N5O2/c1-13(2)18(12-29)27-21-26-17(14-4-3-9-24-11-14)10-19(28-21)25-15-5-7-16(8-6-15)30-20(22)23/h3-11,13,18,20,29H,12H2,1-2H3,(H2,25,26,27,28)/t18-/m0/s1. The van der Waals surface area contributed by atoms with Gasteiger partial charge in [-0.3, -0.25) is 4.98 Å². The molecule has 0 aliphatic rings. The van der Waals surface area contributed by atoms with Gasteiger partial charge in [0, 0.05) is 29.7 Å². The molecule has 0 aliphatic carbocycles. The number of halogens is 2. The molecule has 158 valence electrons. The van der Waals surface area contributed by atoms with Crippen molar-refractivity contribution in [2.24, 2.45) is 5.92 Å². The second-order valence-corrected chi connectivity index (χ2v) is 6.91. The third-order valence-corrected chi connectivity index (χ3v) is 4.35. The highest BCUT2D eigenvalue weighted by molar-refractivity contribution is 5.67. The molecule has 0 amide bonds. The number of rotatable bonds is 9. The molecular formula is C21H23F2N5O2.